The number of carbonyl (C=O) groups is 2. The van der Waals surface area contributed by atoms with Crippen molar-refractivity contribution in [2.45, 2.75) is 6.42 Å². The van der Waals surface area contributed by atoms with Crippen LogP contribution in [-0.4, -0.2) is 54.3 Å². The quantitative estimate of drug-likeness (QED) is 0.342. The van der Waals surface area contributed by atoms with Gasteiger partial charge in [0, 0.05) is 32.9 Å². The van der Waals surface area contributed by atoms with Gasteiger partial charge in [0.15, 0.2) is 5.96 Å². The van der Waals surface area contributed by atoms with Crippen LogP contribution in [0.5, 0.6) is 0 Å². The second-order valence-corrected chi connectivity index (χ2v) is 6.36. The number of nitrogens with one attached hydrogen (secondary N) is 2. The molecule has 2 aromatic rings. The van der Waals surface area contributed by atoms with Crippen LogP contribution in [0.1, 0.15) is 26.3 Å². The van der Waals surface area contributed by atoms with E-state index in [-0.39, 0.29) is 18.4 Å². The van der Waals surface area contributed by atoms with E-state index in [1.807, 2.05) is 6.07 Å². The fourth-order valence-corrected chi connectivity index (χ4v) is 2.94. The van der Waals surface area contributed by atoms with Crippen LogP contribution >= 0.6 is 11.6 Å². The summed E-state index contributed by atoms with van der Waals surface area (Å²) in [5.41, 5.74) is 1.98. The second-order valence-electron chi connectivity index (χ2n) is 5.97. The van der Waals surface area contributed by atoms with Gasteiger partial charge in [0.2, 0.25) is 0 Å². The first-order valence-corrected chi connectivity index (χ1v) is 8.98. The Bertz CT molecular complexity index is 832. The van der Waals surface area contributed by atoms with Crippen molar-refractivity contribution in [3.05, 3.63) is 64.4 Å². The van der Waals surface area contributed by atoms with Crippen molar-refractivity contribution in [2.24, 2.45) is 4.99 Å². The first-order chi connectivity index (χ1) is 13.1. The molecule has 7 nitrogen and oxygen atoms in total. The van der Waals surface area contributed by atoms with Crippen molar-refractivity contribution in [1.29, 1.82) is 0 Å². The Labute approximate surface area is 162 Å². The lowest BCUT2D eigenvalue weighted by Crippen LogP contribution is -2.43. The normalized spacial score (nSPS) is 13.7. The molecule has 2 amide bonds. The van der Waals surface area contributed by atoms with Gasteiger partial charge >= 0.3 is 0 Å². The summed E-state index contributed by atoms with van der Waals surface area (Å²) in [7, 11) is 1.67. The van der Waals surface area contributed by atoms with Gasteiger partial charge in [-0.3, -0.25) is 19.5 Å². The van der Waals surface area contributed by atoms with Crippen LogP contribution in [0, 0.1) is 0 Å². The minimum Gasteiger partial charge on any atom is -0.356 e. The molecule has 2 heterocycles. The summed E-state index contributed by atoms with van der Waals surface area (Å²) in [6, 6.07) is 10.5. The van der Waals surface area contributed by atoms with Crippen LogP contribution in [0.15, 0.2) is 47.6 Å². The molecule has 3 rings (SSSR count). The fraction of sp³-hybridized carbons (Fsp3) is 0.263. The molecule has 0 unspecified atom stereocenters. The van der Waals surface area contributed by atoms with E-state index in [4.69, 9.17) is 11.6 Å². The monoisotopic (exact) mass is 385 g/mol. The molecule has 0 atom stereocenters. The van der Waals surface area contributed by atoms with Crippen LogP contribution in [0.25, 0.3) is 0 Å². The fourth-order valence-electron chi connectivity index (χ4n) is 2.83. The molecule has 1 aromatic heterocycles. The molecule has 0 aliphatic carbocycles. The van der Waals surface area contributed by atoms with E-state index in [1.165, 1.54) is 4.90 Å². The van der Waals surface area contributed by atoms with E-state index < -0.39 is 0 Å². The van der Waals surface area contributed by atoms with Crippen LogP contribution in [-0.2, 0) is 6.42 Å². The number of carbonyl (C=O) groups excluding carboxylic acids is 2. The highest BCUT2D eigenvalue weighted by atomic mass is 35.5. The average Bonchev–Trinajstić information content (AvgIpc) is 2.93. The maximum absolute atomic E-state index is 12.3. The van der Waals surface area contributed by atoms with Crippen molar-refractivity contribution >= 4 is 29.4 Å². The molecule has 140 valence electrons. The number of halogens is 1. The van der Waals surface area contributed by atoms with E-state index in [1.54, 1.807) is 43.6 Å². The summed E-state index contributed by atoms with van der Waals surface area (Å²) in [4.78, 5) is 34.1. The van der Waals surface area contributed by atoms with Gasteiger partial charge in [0.1, 0.15) is 5.15 Å². The minimum atomic E-state index is -0.254. The number of benzene rings is 1. The number of guanidine groups is 1. The number of aromatic nitrogens is 1. The Morgan fingerprint density at radius 3 is 2.33 bits per heavy atom. The average molecular weight is 386 g/mol. The van der Waals surface area contributed by atoms with Gasteiger partial charge in [-0.2, -0.15) is 0 Å². The summed E-state index contributed by atoms with van der Waals surface area (Å²) >= 11 is 5.77. The summed E-state index contributed by atoms with van der Waals surface area (Å²) < 4.78 is 0. The molecule has 0 saturated heterocycles. The number of rotatable bonds is 6. The molecular formula is C19H20ClN5O2. The lowest BCUT2D eigenvalue weighted by molar-refractivity contribution is 0.0657. The molecular weight excluding hydrogens is 366 g/mol. The Balaban J connectivity index is 1.44. The number of pyridine rings is 1. The molecule has 0 fully saturated rings. The molecule has 2 N–H and O–H groups in total. The zero-order valence-corrected chi connectivity index (χ0v) is 15.7. The van der Waals surface area contributed by atoms with Gasteiger partial charge < -0.3 is 10.6 Å². The summed E-state index contributed by atoms with van der Waals surface area (Å²) in [6.45, 7) is 1.35. The summed E-state index contributed by atoms with van der Waals surface area (Å²) in [6.07, 6.45) is 2.51. The van der Waals surface area contributed by atoms with Crippen molar-refractivity contribution < 1.29 is 9.59 Å². The zero-order valence-electron chi connectivity index (χ0n) is 14.9. The van der Waals surface area contributed by atoms with Crippen LogP contribution < -0.4 is 10.6 Å². The Morgan fingerprint density at radius 1 is 1.07 bits per heavy atom. The number of hydrogen-bond donors (Lipinski definition) is 2. The Kier molecular flexibility index (Phi) is 6.03. The number of fused-ring (bicyclic) bond motifs is 1. The first-order valence-electron chi connectivity index (χ1n) is 8.60. The number of nitrogens with zero attached hydrogens (tertiary/aromatic N) is 3. The van der Waals surface area contributed by atoms with Crippen molar-refractivity contribution in [2.75, 3.05) is 26.7 Å². The molecule has 27 heavy (non-hydrogen) atoms. The Hall–Kier alpha value is -2.93. The smallest absolute Gasteiger partial charge is 0.261 e. The topological polar surface area (TPSA) is 86.7 Å². The molecule has 0 spiro atoms. The Morgan fingerprint density at radius 2 is 1.74 bits per heavy atom. The van der Waals surface area contributed by atoms with Gasteiger partial charge in [0.25, 0.3) is 11.8 Å². The highest BCUT2D eigenvalue weighted by molar-refractivity contribution is 6.29. The van der Waals surface area contributed by atoms with E-state index in [2.05, 4.69) is 20.6 Å². The minimum absolute atomic E-state index is 0.254. The molecule has 0 radical (unpaired) electrons. The van der Waals surface area contributed by atoms with Crippen LogP contribution in [0.2, 0.25) is 5.15 Å². The first kappa shape index (κ1) is 18.8. The summed E-state index contributed by atoms with van der Waals surface area (Å²) in [5, 5.41) is 6.77. The van der Waals surface area contributed by atoms with Crippen LogP contribution in [0.4, 0.5) is 0 Å². The predicted molar refractivity (Wildman–Crippen MR) is 104 cm³/mol. The van der Waals surface area contributed by atoms with Crippen molar-refractivity contribution in [1.82, 2.24) is 20.5 Å². The third-order valence-electron chi connectivity index (χ3n) is 4.22. The third-order valence-corrected chi connectivity index (χ3v) is 4.45. The lowest BCUT2D eigenvalue weighted by atomic mass is 10.1. The predicted octanol–water partition coefficient (Wildman–Crippen LogP) is 1.74. The summed E-state index contributed by atoms with van der Waals surface area (Å²) in [5.74, 6) is 0.0969. The number of amides is 2. The third kappa shape index (κ3) is 4.43. The maximum Gasteiger partial charge on any atom is 0.261 e. The molecule has 1 aliphatic rings. The highest BCUT2D eigenvalue weighted by Crippen LogP contribution is 2.21. The number of imide groups is 1. The van der Waals surface area contributed by atoms with Gasteiger partial charge in [0.05, 0.1) is 11.1 Å². The SMILES string of the molecule is CN=C(NCCc1ccc(Cl)nc1)NCCN1C(=O)c2ccccc2C1=O. The largest absolute Gasteiger partial charge is 0.356 e. The molecule has 1 aromatic carbocycles. The van der Waals surface area contributed by atoms with E-state index >= 15 is 0 Å². The molecule has 8 heteroatoms. The lowest BCUT2D eigenvalue weighted by Gasteiger charge is -2.16. The van der Waals surface area contributed by atoms with E-state index in [0.717, 1.165) is 12.0 Å². The van der Waals surface area contributed by atoms with Gasteiger partial charge in [-0.05, 0) is 30.2 Å². The molecule has 0 bridgehead atoms. The van der Waals surface area contributed by atoms with E-state index in [9.17, 15) is 9.59 Å². The van der Waals surface area contributed by atoms with Crippen molar-refractivity contribution in [3.8, 4) is 0 Å². The number of aliphatic imine (C=N–C) groups is 1. The highest BCUT2D eigenvalue weighted by Gasteiger charge is 2.34. The van der Waals surface area contributed by atoms with Gasteiger partial charge in [-0.1, -0.05) is 29.8 Å². The maximum atomic E-state index is 12.3. The van der Waals surface area contributed by atoms with Crippen LogP contribution in [0.3, 0.4) is 0 Å². The van der Waals surface area contributed by atoms with Crippen molar-refractivity contribution in [3.63, 3.8) is 0 Å². The standard InChI is InChI=1S/C19H20ClN5O2/c1-21-19(22-9-8-13-6-7-16(20)24-12-13)23-10-11-25-17(26)14-4-2-3-5-15(14)18(25)27/h2-7,12H,8-11H2,1H3,(H2,21,22,23). The number of hydrogen-bond acceptors (Lipinski definition) is 4. The molecule has 1 aliphatic heterocycles. The van der Waals surface area contributed by atoms with Gasteiger partial charge in [-0.25, -0.2) is 4.98 Å². The van der Waals surface area contributed by atoms with Gasteiger partial charge in [-0.15, -0.1) is 0 Å². The van der Waals surface area contributed by atoms with E-state index in [0.29, 0.717) is 35.3 Å². The molecule has 0 saturated carbocycles. The zero-order chi connectivity index (χ0) is 19.2. The second kappa shape index (κ2) is 8.64.